The van der Waals surface area contributed by atoms with Crippen LogP contribution in [0, 0.1) is 0 Å². The van der Waals surface area contributed by atoms with Gasteiger partial charge in [0, 0.05) is 31.2 Å². The molecule has 0 aromatic carbocycles. The Balaban J connectivity index is 2.85. The Hall–Kier alpha value is -3.48. The fourth-order valence-electron chi connectivity index (χ4n) is 2.33. The van der Waals surface area contributed by atoms with Crippen molar-refractivity contribution in [1.29, 1.82) is 0 Å². The van der Waals surface area contributed by atoms with Gasteiger partial charge in [-0.25, -0.2) is 9.78 Å². The van der Waals surface area contributed by atoms with E-state index < -0.39 is 54.2 Å². The SMILES string of the molecule is NC(=O)CC[C@H](N)C(=O)N[C@@H](Cc1cnc[nH]1)C(=O)N[C@@H](CCC(=O)O)C(=O)O. The van der Waals surface area contributed by atoms with E-state index in [0.29, 0.717) is 5.69 Å². The number of amides is 3. The minimum Gasteiger partial charge on any atom is -0.481 e. The average Bonchev–Trinajstić information content (AvgIpc) is 3.14. The Bertz CT molecular complexity index is 736. The second-order valence-corrected chi connectivity index (χ2v) is 6.29. The van der Waals surface area contributed by atoms with Crippen molar-refractivity contribution in [1.82, 2.24) is 20.6 Å². The molecule has 1 aromatic rings. The van der Waals surface area contributed by atoms with Gasteiger partial charge in [-0.05, 0) is 12.8 Å². The Labute approximate surface area is 165 Å². The number of primary amides is 1. The van der Waals surface area contributed by atoms with Crippen molar-refractivity contribution in [3.8, 4) is 0 Å². The number of aliphatic carboxylic acids is 2. The molecule has 3 amide bonds. The average molecular weight is 412 g/mol. The van der Waals surface area contributed by atoms with Crippen LogP contribution in [-0.4, -0.2) is 68.0 Å². The molecule has 13 nitrogen and oxygen atoms in total. The second-order valence-electron chi connectivity index (χ2n) is 6.29. The molecular formula is C16H24N6O7. The summed E-state index contributed by atoms with van der Waals surface area (Å²) in [5.74, 6) is -4.84. The van der Waals surface area contributed by atoms with Crippen LogP contribution in [0.1, 0.15) is 31.4 Å². The van der Waals surface area contributed by atoms with E-state index in [0.717, 1.165) is 0 Å². The van der Waals surface area contributed by atoms with Crippen molar-refractivity contribution in [2.24, 2.45) is 11.5 Å². The van der Waals surface area contributed by atoms with Crippen LogP contribution in [0.5, 0.6) is 0 Å². The van der Waals surface area contributed by atoms with E-state index >= 15 is 0 Å². The van der Waals surface area contributed by atoms with E-state index in [4.69, 9.17) is 16.6 Å². The van der Waals surface area contributed by atoms with E-state index in [-0.39, 0.29) is 25.7 Å². The van der Waals surface area contributed by atoms with Gasteiger partial charge in [-0.1, -0.05) is 0 Å². The lowest BCUT2D eigenvalue weighted by Gasteiger charge is -2.22. The molecule has 0 aliphatic carbocycles. The van der Waals surface area contributed by atoms with Crippen molar-refractivity contribution in [3.63, 3.8) is 0 Å². The minimum atomic E-state index is -1.46. The van der Waals surface area contributed by atoms with Gasteiger partial charge in [-0.15, -0.1) is 0 Å². The second kappa shape index (κ2) is 11.4. The first kappa shape index (κ1) is 23.6. The third-order valence-electron chi connectivity index (χ3n) is 3.91. The predicted molar refractivity (Wildman–Crippen MR) is 97.1 cm³/mol. The van der Waals surface area contributed by atoms with Crippen LogP contribution in [0.25, 0.3) is 0 Å². The third-order valence-corrected chi connectivity index (χ3v) is 3.91. The molecule has 0 saturated carbocycles. The first-order valence-corrected chi connectivity index (χ1v) is 8.66. The monoisotopic (exact) mass is 412 g/mol. The summed E-state index contributed by atoms with van der Waals surface area (Å²) in [5, 5.41) is 22.5. The smallest absolute Gasteiger partial charge is 0.326 e. The summed E-state index contributed by atoms with van der Waals surface area (Å²) in [4.78, 5) is 64.1. The maximum Gasteiger partial charge on any atom is 0.326 e. The lowest BCUT2D eigenvalue weighted by Crippen LogP contribution is -2.55. The molecule has 1 aromatic heterocycles. The van der Waals surface area contributed by atoms with Crippen molar-refractivity contribution >= 4 is 29.7 Å². The van der Waals surface area contributed by atoms with Crippen molar-refractivity contribution in [2.75, 3.05) is 0 Å². The van der Waals surface area contributed by atoms with Crippen LogP contribution in [0.2, 0.25) is 0 Å². The number of nitrogens with one attached hydrogen (secondary N) is 3. The third kappa shape index (κ3) is 8.83. The van der Waals surface area contributed by atoms with E-state index in [2.05, 4.69) is 20.6 Å². The zero-order valence-electron chi connectivity index (χ0n) is 15.5. The zero-order valence-corrected chi connectivity index (χ0v) is 15.5. The molecule has 160 valence electrons. The topological polar surface area (TPSA) is 231 Å². The molecule has 1 rings (SSSR count). The molecule has 0 bridgehead atoms. The number of aromatic amines is 1. The van der Waals surface area contributed by atoms with Gasteiger partial charge in [0.2, 0.25) is 17.7 Å². The van der Waals surface area contributed by atoms with Gasteiger partial charge in [-0.3, -0.25) is 19.2 Å². The molecule has 0 fully saturated rings. The number of hydrogen-bond donors (Lipinski definition) is 7. The molecule has 13 heteroatoms. The lowest BCUT2D eigenvalue weighted by molar-refractivity contribution is -0.143. The Morgan fingerprint density at radius 2 is 1.69 bits per heavy atom. The highest BCUT2D eigenvalue weighted by atomic mass is 16.4. The highest BCUT2D eigenvalue weighted by molar-refractivity contribution is 5.92. The first-order chi connectivity index (χ1) is 13.6. The van der Waals surface area contributed by atoms with Crippen LogP contribution in [0.4, 0.5) is 0 Å². The molecule has 0 aliphatic rings. The number of aromatic nitrogens is 2. The van der Waals surface area contributed by atoms with Gasteiger partial charge in [-0.2, -0.15) is 0 Å². The summed E-state index contributed by atoms with van der Waals surface area (Å²) in [6.07, 6.45) is 1.77. The Kier molecular flexibility index (Phi) is 9.25. The van der Waals surface area contributed by atoms with Gasteiger partial charge >= 0.3 is 11.9 Å². The number of carbonyl (C=O) groups excluding carboxylic acids is 3. The number of carbonyl (C=O) groups is 5. The molecule has 29 heavy (non-hydrogen) atoms. The van der Waals surface area contributed by atoms with Crippen LogP contribution < -0.4 is 22.1 Å². The normalized spacial score (nSPS) is 13.7. The maximum absolute atomic E-state index is 12.6. The van der Waals surface area contributed by atoms with Crippen LogP contribution in [0.3, 0.4) is 0 Å². The van der Waals surface area contributed by atoms with E-state index in [1.807, 2.05) is 0 Å². The molecule has 0 saturated heterocycles. The fraction of sp³-hybridized carbons (Fsp3) is 0.500. The van der Waals surface area contributed by atoms with Crippen molar-refractivity contribution in [2.45, 2.75) is 50.2 Å². The largest absolute Gasteiger partial charge is 0.481 e. The molecule has 9 N–H and O–H groups in total. The summed E-state index contributed by atoms with van der Waals surface area (Å²) in [5.41, 5.74) is 11.2. The predicted octanol–water partition coefficient (Wildman–Crippen LogP) is -2.54. The van der Waals surface area contributed by atoms with Gasteiger partial charge < -0.3 is 37.3 Å². The van der Waals surface area contributed by atoms with Crippen LogP contribution in [0.15, 0.2) is 12.5 Å². The number of nitrogens with two attached hydrogens (primary N) is 2. The van der Waals surface area contributed by atoms with Crippen LogP contribution >= 0.6 is 0 Å². The Morgan fingerprint density at radius 3 is 2.21 bits per heavy atom. The Morgan fingerprint density at radius 1 is 1.03 bits per heavy atom. The number of H-pyrrole nitrogens is 1. The van der Waals surface area contributed by atoms with E-state index in [9.17, 15) is 29.1 Å². The quantitative estimate of drug-likeness (QED) is 0.181. The maximum atomic E-state index is 12.6. The molecule has 3 atom stereocenters. The van der Waals surface area contributed by atoms with Gasteiger partial charge in [0.25, 0.3) is 0 Å². The summed E-state index contributed by atoms with van der Waals surface area (Å²) >= 11 is 0. The number of rotatable bonds is 13. The first-order valence-electron chi connectivity index (χ1n) is 8.66. The molecule has 1 heterocycles. The van der Waals surface area contributed by atoms with Crippen molar-refractivity contribution < 1.29 is 34.2 Å². The lowest BCUT2D eigenvalue weighted by atomic mass is 10.1. The standard InChI is InChI=1S/C16H24N6O7/c17-9(1-3-12(18)23)14(26)22-11(5-8-6-19-7-20-8)15(27)21-10(16(28)29)2-4-13(24)25/h6-7,9-11H,1-5,17H2,(H2,18,23)(H,19,20)(H,21,27)(H,22,26)(H,24,25)(H,28,29)/t9-,10-,11-/m0/s1. The van der Waals surface area contributed by atoms with Gasteiger partial charge in [0.05, 0.1) is 12.4 Å². The van der Waals surface area contributed by atoms with Gasteiger partial charge in [0.1, 0.15) is 12.1 Å². The minimum absolute atomic E-state index is 0.0318. The molecule has 0 unspecified atom stereocenters. The highest BCUT2D eigenvalue weighted by Gasteiger charge is 2.28. The number of carboxylic acid groups (broad SMARTS) is 2. The number of hydrogen-bond acceptors (Lipinski definition) is 7. The van der Waals surface area contributed by atoms with Crippen molar-refractivity contribution in [3.05, 3.63) is 18.2 Å². The summed E-state index contributed by atoms with van der Waals surface area (Å²) in [7, 11) is 0. The van der Waals surface area contributed by atoms with E-state index in [1.54, 1.807) is 0 Å². The summed E-state index contributed by atoms with van der Waals surface area (Å²) in [6.45, 7) is 0. The van der Waals surface area contributed by atoms with E-state index in [1.165, 1.54) is 12.5 Å². The molecule has 0 radical (unpaired) electrons. The molecule has 0 aliphatic heterocycles. The van der Waals surface area contributed by atoms with Gasteiger partial charge in [0.15, 0.2) is 0 Å². The summed E-state index contributed by atoms with van der Waals surface area (Å²) < 4.78 is 0. The number of carboxylic acids is 2. The highest BCUT2D eigenvalue weighted by Crippen LogP contribution is 2.04. The molecule has 0 spiro atoms. The number of nitrogens with zero attached hydrogens (tertiary/aromatic N) is 1. The fourth-order valence-corrected chi connectivity index (χ4v) is 2.33. The van der Waals surface area contributed by atoms with Crippen LogP contribution in [-0.2, 0) is 30.4 Å². The zero-order chi connectivity index (χ0) is 22.0. The number of imidazole rings is 1. The summed E-state index contributed by atoms with van der Waals surface area (Å²) in [6, 6.07) is -3.78. The molecular weight excluding hydrogens is 388 g/mol.